The van der Waals surface area contributed by atoms with Gasteiger partial charge in [-0.3, -0.25) is 4.79 Å². The molecule has 136 valence electrons. The van der Waals surface area contributed by atoms with Gasteiger partial charge in [0.2, 0.25) is 5.91 Å². The van der Waals surface area contributed by atoms with Crippen molar-refractivity contribution in [1.82, 2.24) is 0 Å². The summed E-state index contributed by atoms with van der Waals surface area (Å²) in [7, 11) is 0. The van der Waals surface area contributed by atoms with Gasteiger partial charge < -0.3 is 16.0 Å². The molecule has 0 atom stereocenters. The molecule has 26 heavy (non-hydrogen) atoms. The lowest BCUT2D eigenvalue weighted by molar-refractivity contribution is -0.117. The molecule has 1 aliphatic heterocycles. The lowest BCUT2D eigenvalue weighted by Gasteiger charge is -2.18. The van der Waals surface area contributed by atoms with Crippen LogP contribution in [0.15, 0.2) is 42.5 Å². The number of nitrogens with one attached hydrogen (secondary N) is 1. The number of carbonyl (C=O) groups is 1. The Hall–Kier alpha value is -2.33. The molecule has 1 saturated carbocycles. The highest BCUT2D eigenvalue weighted by atomic mass is 16.1. The van der Waals surface area contributed by atoms with Crippen molar-refractivity contribution in [2.24, 2.45) is 11.7 Å². The molecule has 4 nitrogen and oxygen atoms in total. The van der Waals surface area contributed by atoms with E-state index in [0.717, 1.165) is 18.8 Å². The Kier molecular flexibility index (Phi) is 4.93. The van der Waals surface area contributed by atoms with Crippen molar-refractivity contribution < 1.29 is 4.79 Å². The highest BCUT2D eigenvalue weighted by molar-refractivity contribution is 5.91. The Bertz CT molecular complexity index is 778. The normalized spacial score (nSPS) is 16.7. The minimum absolute atomic E-state index is 0.146. The molecular weight excluding hydrogens is 322 g/mol. The zero-order chi connectivity index (χ0) is 17.9. The molecule has 0 spiro atoms. The van der Waals surface area contributed by atoms with Crippen molar-refractivity contribution in [3.8, 4) is 0 Å². The molecule has 1 fully saturated rings. The zero-order valence-corrected chi connectivity index (χ0v) is 15.2. The van der Waals surface area contributed by atoms with Crippen LogP contribution in [0, 0.1) is 5.92 Å². The summed E-state index contributed by atoms with van der Waals surface area (Å²) in [4.78, 5) is 14.5. The molecule has 1 aliphatic carbocycles. The Balaban J connectivity index is 1.36. The van der Waals surface area contributed by atoms with Gasteiger partial charge in [-0.15, -0.1) is 0 Å². The second-order valence-electron chi connectivity index (χ2n) is 7.61. The van der Waals surface area contributed by atoms with Crippen LogP contribution in [0.3, 0.4) is 0 Å². The molecule has 4 heteroatoms. The number of benzene rings is 2. The second-order valence-corrected chi connectivity index (χ2v) is 7.61. The quantitative estimate of drug-likeness (QED) is 0.851. The molecule has 0 aromatic heterocycles. The topological polar surface area (TPSA) is 58.4 Å². The van der Waals surface area contributed by atoms with Crippen molar-refractivity contribution in [2.45, 2.75) is 51.7 Å². The van der Waals surface area contributed by atoms with Gasteiger partial charge in [0.15, 0.2) is 0 Å². The van der Waals surface area contributed by atoms with Gasteiger partial charge in [-0.1, -0.05) is 31.0 Å². The molecule has 1 amide bonds. The molecule has 2 aliphatic rings. The van der Waals surface area contributed by atoms with E-state index in [1.54, 1.807) is 0 Å². The third kappa shape index (κ3) is 3.75. The van der Waals surface area contributed by atoms with E-state index in [-0.39, 0.29) is 5.91 Å². The number of anilines is 2. The number of hydrogen-bond acceptors (Lipinski definition) is 3. The van der Waals surface area contributed by atoms with E-state index in [1.807, 2.05) is 12.1 Å². The molecule has 4 rings (SSSR count). The molecular formula is C22H27N3O. The van der Waals surface area contributed by atoms with Gasteiger partial charge in [0.25, 0.3) is 0 Å². The van der Waals surface area contributed by atoms with E-state index < -0.39 is 0 Å². The summed E-state index contributed by atoms with van der Waals surface area (Å²) in [6.45, 7) is 2.42. The molecule has 0 saturated heterocycles. The van der Waals surface area contributed by atoms with E-state index >= 15 is 0 Å². The first-order valence-electron chi connectivity index (χ1n) is 9.67. The highest BCUT2D eigenvalue weighted by Gasteiger charge is 2.20. The molecule has 1 heterocycles. The van der Waals surface area contributed by atoms with Crippen LogP contribution < -0.4 is 16.0 Å². The first kappa shape index (κ1) is 17.1. The van der Waals surface area contributed by atoms with Crippen LogP contribution in [0.1, 0.15) is 48.8 Å². The summed E-state index contributed by atoms with van der Waals surface area (Å²) >= 11 is 0. The Labute approximate surface area is 155 Å². The van der Waals surface area contributed by atoms with Gasteiger partial charge in [-0.2, -0.15) is 0 Å². The lowest BCUT2D eigenvalue weighted by Crippen LogP contribution is -2.16. The van der Waals surface area contributed by atoms with Crippen molar-refractivity contribution in [3.63, 3.8) is 0 Å². The number of carbonyl (C=O) groups excluding carboxylic acids is 1. The summed E-state index contributed by atoms with van der Waals surface area (Å²) in [5.41, 5.74) is 11.7. The molecule has 0 radical (unpaired) electrons. The highest BCUT2D eigenvalue weighted by Crippen LogP contribution is 2.30. The fourth-order valence-corrected chi connectivity index (χ4v) is 4.20. The minimum atomic E-state index is 0.146. The maximum absolute atomic E-state index is 12.2. The summed E-state index contributed by atoms with van der Waals surface area (Å²) in [5.74, 6) is 0.725. The van der Waals surface area contributed by atoms with Crippen molar-refractivity contribution in [3.05, 3.63) is 59.2 Å². The first-order valence-corrected chi connectivity index (χ1v) is 9.67. The fourth-order valence-electron chi connectivity index (χ4n) is 4.20. The van der Waals surface area contributed by atoms with Crippen molar-refractivity contribution >= 4 is 17.3 Å². The standard InChI is InChI=1S/C22H27N3O/c23-13-17-5-6-18-14-25(15-19(18)11-17)21-9-7-20(8-10-21)24-22(26)12-16-3-1-2-4-16/h5-11,16H,1-4,12-15,23H2,(H,24,26). The van der Waals surface area contributed by atoms with Crippen LogP contribution in [-0.2, 0) is 24.4 Å². The van der Waals surface area contributed by atoms with Gasteiger partial charge in [0.05, 0.1) is 0 Å². The van der Waals surface area contributed by atoms with Crippen LogP contribution in [-0.4, -0.2) is 5.91 Å². The molecule has 0 unspecified atom stereocenters. The summed E-state index contributed by atoms with van der Waals surface area (Å²) < 4.78 is 0. The zero-order valence-electron chi connectivity index (χ0n) is 15.2. The number of rotatable bonds is 5. The predicted molar refractivity (Wildman–Crippen MR) is 106 cm³/mol. The maximum Gasteiger partial charge on any atom is 0.224 e. The first-order chi connectivity index (χ1) is 12.7. The summed E-state index contributed by atoms with van der Waals surface area (Å²) in [6.07, 6.45) is 5.61. The second kappa shape index (κ2) is 7.50. The van der Waals surface area contributed by atoms with Crippen LogP contribution in [0.5, 0.6) is 0 Å². The maximum atomic E-state index is 12.2. The van der Waals surface area contributed by atoms with Gasteiger partial charge >= 0.3 is 0 Å². The van der Waals surface area contributed by atoms with Crippen LogP contribution in [0.4, 0.5) is 11.4 Å². The minimum Gasteiger partial charge on any atom is -0.363 e. The molecule has 2 aromatic carbocycles. The largest absolute Gasteiger partial charge is 0.363 e. The Morgan fingerprint density at radius 1 is 1.04 bits per heavy atom. The fraction of sp³-hybridized carbons (Fsp3) is 0.409. The number of nitrogens with two attached hydrogens (primary N) is 1. The van der Waals surface area contributed by atoms with Crippen LogP contribution in [0.2, 0.25) is 0 Å². The monoisotopic (exact) mass is 349 g/mol. The lowest BCUT2D eigenvalue weighted by atomic mass is 10.0. The van der Waals surface area contributed by atoms with Crippen molar-refractivity contribution in [2.75, 3.05) is 10.2 Å². The number of nitrogens with zero attached hydrogens (tertiary/aromatic N) is 1. The number of hydrogen-bond donors (Lipinski definition) is 2. The summed E-state index contributed by atoms with van der Waals surface area (Å²) in [6, 6.07) is 14.7. The Morgan fingerprint density at radius 3 is 2.50 bits per heavy atom. The van der Waals surface area contributed by atoms with Gasteiger partial charge in [0, 0.05) is 37.4 Å². The third-order valence-corrected chi connectivity index (χ3v) is 5.69. The molecule has 0 bridgehead atoms. The van der Waals surface area contributed by atoms with Crippen LogP contribution in [0.25, 0.3) is 0 Å². The third-order valence-electron chi connectivity index (χ3n) is 5.69. The van der Waals surface area contributed by atoms with E-state index in [1.165, 1.54) is 48.1 Å². The van der Waals surface area contributed by atoms with Crippen molar-refractivity contribution in [1.29, 1.82) is 0 Å². The smallest absolute Gasteiger partial charge is 0.224 e. The summed E-state index contributed by atoms with van der Waals surface area (Å²) in [5, 5.41) is 3.05. The Morgan fingerprint density at radius 2 is 1.77 bits per heavy atom. The van der Waals surface area contributed by atoms with E-state index in [0.29, 0.717) is 18.9 Å². The van der Waals surface area contributed by atoms with Gasteiger partial charge in [-0.05, 0) is 59.7 Å². The van der Waals surface area contributed by atoms with E-state index in [2.05, 4.69) is 40.5 Å². The van der Waals surface area contributed by atoms with E-state index in [4.69, 9.17) is 5.73 Å². The average molecular weight is 349 g/mol. The molecule has 3 N–H and O–H groups in total. The van der Waals surface area contributed by atoms with Crippen LogP contribution >= 0.6 is 0 Å². The number of fused-ring (bicyclic) bond motifs is 1. The number of amides is 1. The van der Waals surface area contributed by atoms with E-state index in [9.17, 15) is 4.79 Å². The van der Waals surface area contributed by atoms with Gasteiger partial charge in [-0.25, -0.2) is 0 Å². The van der Waals surface area contributed by atoms with Gasteiger partial charge in [0.1, 0.15) is 0 Å². The average Bonchev–Trinajstić information content (AvgIpc) is 3.30. The molecule has 2 aromatic rings. The predicted octanol–water partition coefficient (Wildman–Crippen LogP) is 4.18. The SMILES string of the molecule is NCc1ccc2c(c1)CN(c1ccc(NC(=O)CC3CCCC3)cc1)C2.